The summed E-state index contributed by atoms with van der Waals surface area (Å²) in [7, 11) is 0. The van der Waals surface area contributed by atoms with Crippen molar-refractivity contribution in [3.63, 3.8) is 0 Å². The van der Waals surface area contributed by atoms with Gasteiger partial charge in [0.1, 0.15) is 6.10 Å². The van der Waals surface area contributed by atoms with Crippen molar-refractivity contribution in [3.8, 4) is 0 Å². The lowest BCUT2D eigenvalue weighted by molar-refractivity contribution is -0.144. The molecule has 78 valence electrons. The molecule has 14 heavy (non-hydrogen) atoms. The first-order valence-electron chi connectivity index (χ1n) is 4.21. The Kier molecular flexibility index (Phi) is 5.29. The van der Waals surface area contributed by atoms with E-state index >= 15 is 0 Å². The maximum Gasteiger partial charge on any atom is 0.337 e. The molecular formula is C10H14O4. The van der Waals surface area contributed by atoms with Crippen LogP contribution in [0.25, 0.3) is 0 Å². The highest BCUT2D eigenvalue weighted by atomic mass is 16.6. The van der Waals surface area contributed by atoms with Crippen molar-refractivity contribution in [3.05, 3.63) is 24.8 Å². The van der Waals surface area contributed by atoms with Crippen LogP contribution in [0.1, 0.15) is 13.8 Å². The molecule has 1 unspecified atom stereocenters. The lowest BCUT2D eigenvalue weighted by Gasteiger charge is -2.13. The third kappa shape index (κ3) is 3.89. The molecule has 0 aromatic rings. The van der Waals surface area contributed by atoms with Crippen LogP contribution in [0.5, 0.6) is 0 Å². The highest BCUT2D eigenvalue weighted by Gasteiger charge is 2.18. The molecule has 0 rings (SSSR count). The molecule has 0 N–H and O–H groups in total. The van der Waals surface area contributed by atoms with Gasteiger partial charge in [-0.05, 0) is 13.8 Å². The number of ether oxygens (including phenoxy) is 2. The maximum atomic E-state index is 11.1. The van der Waals surface area contributed by atoms with Crippen LogP contribution in [-0.4, -0.2) is 24.6 Å². The van der Waals surface area contributed by atoms with Crippen molar-refractivity contribution in [1.82, 2.24) is 0 Å². The molecule has 0 radical (unpaired) electrons. The smallest absolute Gasteiger partial charge is 0.337 e. The second kappa shape index (κ2) is 5.96. The highest BCUT2D eigenvalue weighted by molar-refractivity contribution is 5.90. The lowest BCUT2D eigenvalue weighted by atomic mass is 10.2. The molecule has 0 amide bonds. The third-order valence-corrected chi connectivity index (χ3v) is 1.49. The fourth-order valence-electron chi connectivity index (χ4n) is 0.683. The van der Waals surface area contributed by atoms with Gasteiger partial charge >= 0.3 is 11.9 Å². The Labute approximate surface area is 83.2 Å². The minimum absolute atomic E-state index is 0.113. The summed E-state index contributed by atoms with van der Waals surface area (Å²) in [5.74, 6) is -1.15. The predicted octanol–water partition coefficient (Wildman–Crippen LogP) is 1.22. The molecule has 4 heteroatoms. The van der Waals surface area contributed by atoms with Crippen LogP contribution in [0.4, 0.5) is 0 Å². The monoisotopic (exact) mass is 198 g/mol. The molecule has 0 heterocycles. The molecule has 1 atom stereocenters. The van der Waals surface area contributed by atoms with Crippen LogP contribution in [0, 0.1) is 0 Å². The molecule has 0 aromatic heterocycles. The van der Waals surface area contributed by atoms with Gasteiger partial charge in [0.2, 0.25) is 0 Å². The third-order valence-electron chi connectivity index (χ3n) is 1.49. The van der Waals surface area contributed by atoms with E-state index in [1.807, 2.05) is 0 Å². The quantitative estimate of drug-likeness (QED) is 0.492. The SMILES string of the molecule is C=CC(=O)OC(C)C(=C)C(=O)OCC. The van der Waals surface area contributed by atoms with Gasteiger partial charge < -0.3 is 9.47 Å². The van der Waals surface area contributed by atoms with E-state index in [2.05, 4.69) is 17.9 Å². The van der Waals surface area contributed by atoms with E-state index in [0.717, 1.165) is 6.08 Å². The number of esters is 2. The summed E-state index contributed by atoms with van der Waals surface area (Å²) in [6.07, 6.45) is 0.328. The van der Waals surface area contributed by atoms with Crippen LogP contribution in [0.2, 0.25) is 0 Å². The summed E-state index contributed by atoms with van der Waals surface area (Å²) in [4.78, 5) is 21.9. The molecular weight excluding hydrogens is 184 g/mol. The zero-order chi connectivity index (χ0) is 11.1. The van der Waals surface area contributed by atoms with Gasteiger partial charge in [0, 0.05) is 6.08 Å². The van der Waals surface area contributed by atoms with Gasteiger partial charge in [-0.3, -0.25) is 0 Å². The number of rotatable bonds is 5. The predicted molar refractivity (Wildman–Crippen MR) is 51.5 cm³/mol. The first kappa shape index (κ1) is 12.4. The summed E-state index contributed by atoms with van der Waals surface area (Å²) in [6, 6.07) is 0. The minimum Gasteiger partial charge on any atom is -0.463 e. The normalized spacial score (nSPS) is 11.3. The van der Waals surface area contributed by atoms with Crippen LogP contribution >= 0.6 is 0 Å². The Balaban J connectivity index is 4.18. The molecule has 0 aliphatic heterocycles. The van der Waals surface area contributed by atoms with Crippen molar-refractivity contribution in [2.45, 2.75) is 20.0 Å². The summed E-state index contributed by atoms with van der Waals surface area (Å²) in [5, 5.41) is 0. The van der Waals surface area contributed by atoms with Crippen LogP contribution in [0.15, 0.2) is 24.8 Å². The van der Waals surface area contributed by atoms with Crippen molar-refractivity contribution < 1.29 is 19.1 Å². The molecule has 4 nitrogen and oxygen atoms in total. The van der Waals surface area contributed by atoms with Gasteiger partial charge in [0.15, 0.2) is 0 Å². The molecule has 0 aromatic carbocycles. The van der Waals surface area contributed by atoms with Crippen LogP contribution in [-0.2, 0) is 19.1 Å². The second-order valence-corrected chi connectivity index (χ2v) is 2.53. The van der Waals surface area contributed by atoms with Gasteiger partial charge in [-0.1, -0.05) is 13.2 Å². The van der Waals surface area contributed by atoms with Crippen molar-refractivity contribution in [1.29, 1.82) is 0 Å². The number of carbonyl (C=O) groups excluding carboxylic acids is 2. The summed E-state index contributed by atoms with van der Waals surface area (Å²) in [6.45, 7) is 10.2. The topological polar surface area (TPSA) is 52.6 Å². The molecule has 0 saturated carbocycles. The van der Waals surface area contributed by atoms with Crippen molar-refractivity contribution in [2.24, 2.45) is 0 Å². The average molecular weight is 198 g/mol. The maximum absolute atomic E-state index is 11.1. The number of hydrogen-bond acceptors (Lipinski definition) is 4. The zero-order valence-electron chi connectivity index (χ0n) is 8.41. The number of hydrogen-bond donors (Lipinski definition) is 0. The Morgan fingerprint density at radius 3 is 2.50 bits per heavy atom. The molecule has 0 aliphatic rings. The van der Waals surface area contributed by atoms with E-state index in [0.29, 0.717) is 0 Å². The molecule has 0 spiro atoms. The van der Waals surface area contributed by atoms with E-state index in [4.69, 9.17) is 4.74 Å². The molecule has 0 aliphatic carbocycles. The van der Waals surface area contributed by atoms with E-state index in [1.165, 1.54) is 0 Å². The Hall–Kier alpha value is -1.58. The van der Waals surface area contributed by atoms with Crippen LogP contribution < -0.4 is 0 Å². The molecule has 0 fully saturated rings. The average Bonchev–Trinajstić information content (AvgIpc) is 2.16. The number of carbonyl (C=O) groups is 2. The van der Waals surface area contributed by atoms with Gasteiger partial charge in [-0.2, -0.15) is 0 Å². The lowest BCUT2D eigenvalue weighted by Crippen LogP contribution is -2.21. The fourth-order valence-corrected chi connectivity index (χ4v) is 0.683. The summed E-state index contributed by atoms with van der Waals surface area (Å²) >= 11 is 0. The van der Waals surface area contributed by atoms with Gasteiger partial charge in [-0.25, -0.2) is 9.59 Å². The minimum atomic E-state index is -0.695. The van der Waals surface area contributed by atoms with Gasteiger partial charge in [-0.15, -0.1) is 0 Å². The van der Waals surface area contributed by atoms with Crippen LogP contribution in [0.3, 0.4) is 0 Å². The standard InChI is InChI=1S/C10H14O4/c1-5-9(11)14-8(4)7(3)10(12)13-6-2/h5,8H,1,3,6H2,2,4H3. The molecule has 0 saturated heterocycles. The van der Waals surface area contributed by atoms with E-state index in [9.17, 15) is 9.59 Å². The summed E-state index contributed by atoms with van der Waals surface area (Å²) in [5.41, 5.74) is 0.113. The first-order chi connectivity index (χ1) is 6.52. The second-order valence-electron chi connectivity index (χ2n) is 2.53. The van der Waals surface area contributed by atoms with E-state index in [1.54, 1.807) is 13.8 Å². The van der Waals surface area contributed by atoms with Crippen molar-refractivity contribution in [2.75, 3.05) is 6.61 Å². The largest absolute Gasteiger partial charge is 0.463 e. The summed E-state index contributed by atoms with van der Waals surface area (Å²) < 4.78 is 9.46. The highest BCUT2D eigenvalue weighted by Crippen LogP contribution is 2.06. The Morgan fingerprint density at radius 2 is 2.07 bits per heavy atom. The van der Waals surface area contributed by atoms with Crippen molar-refractivity contribution >= 4 is 11.9 Å². The Bertz CT molecular complexity index is 255. The zero-order valence-corrected chi connectivity index (χ0v) is 8.41. The van der Waals surface area contributed by atoms with Gasteiger partial charge in [0.25, 0.3) is 0 Å². The van der Waals surface area contributed by atoms with E-state index in [-0.39, 0.29) is 12.2 Å². The molecule has 0 bridgehead atoms. The first-order valence-corrected chi connectivity index (χ1v) is 4.21. The van der Waals surface area contributed by atoms with Gasteiger partial charge in [0.05, 0.1) is 12.2 Å². The Morgan fingerprint density at radius 1 is 1.50 bits per heavy atom. The fraction of sp³-hybridized carbons (Fsp3) is 0.400. The van der Waals surface area contributed by atoms with E-state index < -0.39 is 18.0 Å².